The fourth-order valence-electron chi connectivity index (χ4n) is 3.94. The van der Waals surface area contributed by atoms with E-state index in [1.54, 1.807) is 23.5 Å². The molecular formula is C24H32N2O4S. The Balaban J connectivity index is 1.50. The summed E-state index contributed by atoms with van der Waals surface area (Å²) in [5, 5.41) is 2.96. The maximum Gasteiger partial charge on any atom is 0.243 e. The van der Waals surface area contributed by atoms with Gasteiger partial charge in [-0.05, 0) is 62.4 Å². The second-order valence-electron chi connectivity index (χ2n) is 8.07. The Bertz CT molecular complexity index is 956. The largest absolute Gasteiger partial charge is 0.497 e. The molecule has 1 saturated heterocycles. The van der Waals surface area contributed by atoms with E-state index in [0.29, 0.717) is 37.2 Å². The Kier molecular flexibility index (Phi) is 8.09. The molecule has 3 rings (SSSR count). The molecule has 0 bridgehead atoms. The van der Waals surface area contributed by atoms with Crippen LogP contribution in [0.4, 0.5) is 0 Å². The maximum absolute atomic E-state index is 13.1. The predicted molar refractivity (Wildman–Crippen MR) is 122 cm³/mol. The van der Waals surface area contributed by atoms with Gasteiger partial charge in [0.25, 0.3) is 0 Å². The highest BCUT2D eigenvalue weighted by Crippen LogP contribution is 2.27. The van der Waals surface area contributed by atoms with E-state index in [2.05, 4.69) is 5.32 Å². The first kappa shape index (κ1) is 23.3. The predicted octanol–water partition coefficient (Wildman–Crippen LogP) is 3.69. The quantitative estimate of drug-likeness (QED) is 0.640. The number of ether oxygens (including phenoxy) is 1. The van der Waals surface area contributed by atoms with E-state index in [4.69, 9.17) is 4.74 Å². The Morgan fingerprint density at radius 3 is 2.48 bits per heavy atom. The third kappa shape index (κ3) is 6.31. The normalized spacial score (nSPS) is 17.3. The van der Waals surface area contributed by atoms with E-state index < -0.39 is 10.0 Å². The Hall–Kier alpha value is -2.38. The van der Waals surface area contributed by atoms with Gasteiger partial charge in [0.1, 0.15) is 5.75 Å². The number of methoxy groups -OCH3 is 1. The zero-order chi connectivity index (χ0) is 22.3. The van der Waals surface area contributed by atoms with Gasteiger partial charge in [-0.25, -0.2) is 8.42 Å². The molecule has 31 heavy (non-hydrogen) atoms. The molecular weight excluding hydrogens is 412 g/mol. The number of nitrogens with one attached hydrogen (secondary N) is 1. The molecule has 1 unspecified atom stereocenters. The van der Waals surface area contributed by atoms with Gasteiger partial charge < -0.3 is 10.1 Å². The molecule has 1 aliphatic heterocycles. The SMILES string of the molecule is COc1ccc(CCC(=O)NCCC2CCCCN2S(=O)(=O)c2ccc(C)cc2)cc1. The van der Waals surface area contributed by atoms with Crippen molar-refractivity contribution in [2.75, 3.05) is 20.2 Å². The number of sulfonamides is 1. The van der Waals surface area contributed by atoms with Crippen LogP contribution in [0.5, 0.6) is 5.75 Å². The third-order valence-corrected chi connectivity index (χ3v) is 7.77. The van der Waals surface area contributed by atoms with Crippen molar-refractivity contribution in [3.05, 3.63) is 59.7 Å². The molecule has 0 radical (unpaired) electrons. The minimum absolute atomic E-state index is 0.0143. The number of aryl methyl sites for hydroxylation is 2. The first-order valence-corrected chi connectivity index (χ1v) is 12.3. The number of rotatable bonds is 9. The molecule has 0 saturated carbocycles. The van der Waals surface area contributed by atoms with Crippen molar-refractivity contribution in [1.29, 1.82) is 0 Å². The molecule has 1 heterocycles. The van der Waals surface area contributed by atoms with Gasteiger partial charge in [-0.3, -0.25) is 4.79 Å². The molecule has 2 aromatic carbocycles. The highest BCUT2D eigenvalue weighted by molar-refractivity contribution is 7.89. The Morgan fingerprint density at radius 2 is 1.81 bits per heavy atom. The number of amides is 1. The first-order valence-electron chi connectivity index (χ1n) is 10.9. The lowest BCUT2D eigenvalue weighted by Gasteiger charge is -2.34. The topological polar surface area (TPSA) is 75.7 Å². The number of hydrogen-bond donors (Lipinski definition) is 1. The monoisotopic (exact) mass is 444 g/mol. The second kappa shape index (κ2) is 10.8. The summed E-state index contributed by atoms with van der Waals surface area (Å²) < 4.78 is 33.1. The van der Waals surface area contributed by atoms with Gasteiger partial charge in [0.2, 0.25) is 15.9 Å². The number of nitrogens with zero attached hydrogens (tertiary/aromatic N) is 1. The average Bonchev–Trinajstić information content (AvgIpc) is 2.78. The standard InChI is InChI=1S/C24H32N2O4S/c1-19-6-13-23(14-7-19)31(28,29)26-18-4-3-5-21(26)16-17-25-24(27)15-10-20-8-11-22(30-2)12-9-20/h6-9,11-14,21H,3-5,10,15-18H2,1-2H3,(H,25,27). The summed E-state index contributed by atoms with van der Waals surface area (Å²) in [6.07, 6.45) is 4.40. The zero-order valence-electron chi connectivity index (χ0n) is 18.3. The summed E-state index contributed by atoms with van der Waals surface area (Å²) in [5.74, 6) is 0.783. The molecule has 1 amide bonds. The van der Waals surface area contributed by atoms with E-state index in [1.807, 2.05) is 43.3 Å². The average molecular weight is 445 g/mol. The zero-order valence-corrected chi connectivity index (χ0v) is 19.2. The Morgan fingerprint density at radius 1 is 1.10 bits per heavy atom. The van der Waals surface area contributed by atoms with Crippen molar-refractivity contribution in [2.45, 2.75) is 56.4 Å². The molecule has 6 nitrogen and oxygen atoms in total. The third-order valence-electron chi connectivity index (χ3n) is 5.80. The number of carbonyl (C=O) groups is 1. The fraction of sp³-hybridized carbons (Fsp3) is 0.458. The van der Waals surface area contributed by atoms with E-state index >= 15 is 0 Å². The van der Waals surface area contributed by atoms with Gasteiger partial charge >= 0.3 is 0 Å². The van der Waals surface area contributed by atoms with E-state index in [9.17, 15) is 13.2 Å². The van der Waals surface area contributed by atoms with E-state index in [1.165, 1.54) is 0 Å². The molecule has 1 atom stereocenters. The molecule has 0 spiro atoms. The highest BCUT2D eigenvalue weighted by atomic mass is 32.2. The van der Waals surface area contributed by atoms with Crippen LogP contribution < -0.4 is 10.1 Å². The second-order valence-corrected chi connectivity index (χ2v) is 9.96. The number of piperidine rings is 1. The van der Waals surface area contributed by atoms with Crippen LogP contribution in [0.3, 0.4) is 0 Å². The van der Waals surface area contributed by atoms with Gasteiger partial charge in [0, 0.05) is 25.6 Å². The number of hydrogen-bond acceptors (Lipinski definition) is 4. The van der Waals surface area contributed by atoms with Gasteiger partial charge in [0.05, 0.1) is 12.0 Å². The molecule has 2 aromatic rings. The van der Waals surface area contributed by atoms with Crippen molar-refractivity contribution in [3.8, 4) is 5.75 Å². The lowest BCUT2D eigenvalue weighted by atomic mass is 10.0. The molecule has 0 aliphatic carbocycles. The summed E-state index contributed by atoms with van der Waals surface area (Å²) >= 11 is 0. The Labute approximate surface area is 185 Å². The van der Waals surface area contributed by atoms with Gasteiger partial charge in [-0.15, -0.1) is 0 Å². The van der Waals surface area contributed by atoms with Crippen LogP contribution in [0.25, 0.3) is 0 Å². The minimum atomic E-state index is -3.52. The summed E-state index contributed by atoms with van der Waals surface area (Å²) in [6.45, 7) is 2.95. The number of carbonyl (C=O) groups excluding carboxylic acids is 1. The molecule has 1 N–H and O–H groups in total. The summed E-state index contributed by atoms with van der Waals surface area (Å²) in [7, 11) is -1.89. The van der Waals surface area contributed by atoms with Crippen molar-refractivity contribution < 1.29 is 17.9 Å². The van der Waals surface area contributed by atoms with E-state index in [-0.39, 0.29) is 11.9 Å². The van der Waals surface area contributed by atoms with Crippen LogP contribution in [0.2, 0.25) is 0 Å². The summed E-state index contributed by atoms with van der Waals surface area (Å²) in [6, 6.07) is 14.6. The van der Waals surface area contributed by atoms with Crippen LogP contribution in [0.1, 0.15) is 43.2 Å². The van der Waals surface area contributed by atoms with Crippen molar-refractivity contribution in [1.82, 2.24) is 9.62 Å². The highest BCUT2D eigenvalue weighted by Gasteiger charge is 2.33. The summed E-state index contributed by atoms with van der Waals surface area (Å²) in [5.41, 5.74) is 2.12. The maximum atomic E-state index is 13.1. The smallest absolute Gasteiger partial charge is 0.243 e. The molecule has 1 aliphatic rings. The van der Waals surface area contributed by atoms with Crippen molar-refractivity contribution >= 4 is 15.9 Å². The number of benzene rings is 2. The molecule has 0 aromatic heterocycles. The fourth-order valence-corrected chi connectivity index (χ4v) is 5.66. The van der Waals surface area contributed by atoms with Gasteiger partial charge in [-0.2, -0.15) is 4.31 Å². The van der Waals surface area contributed by atoms with Crippen LogP contribution >= 0.6 is 0 Å². The molecule has 168 valence electrons. The lowest BCUT2D eigenvalue weighted by molar-refractivity contribution is -0.121. The minimum Gasteiger partial charge on any atom is -0.497 e. The van der Waals surface area contributed by atoms with Crippen molar-refractivity contribution in [2.24, 2.45) is 0 Å². The van der Waals surface area contributed by atoms with E-state index in [0.717, 1.165) is 36.1 Å². The summed E-state index contributed by atoms with van der Waals surface area (Å²) in [4.78, 5) is 12.6. The van der Waals surface area contributed by atoms with Gasteiger partial charge in [-0.1, -0.05) is 36.2 Å². The lowest BCUT2D eigenvalue weighted by Crippen LogP contribution is -2.45. The molecule has 1 fully saturated rings. The van der Waals surface area contributed by atoms with Crippen LogP contribution in [-0.4, -0.2) is 44.9 Å². The van der Waals surface area contributed by atoms with Crippen LogP contribution in [-0.2, 0) is 21.2 Å². The first-order chi connectivity index (χ1) is 14.9. The van der Waals surface area contributed by atoms with Crippen LogP contribution in [0, 0.1) is 6.92 Å². The van der Waals surface area contributed by atoms with Crippen molar-refractivity contribution in [3.63, 3.8) is 0 Å². The molecule has 7 heteroatoms. The van der Waals surface area contributed by atoms with Gasteiger partial charge in [0.15, 0.2) is 0 Å². The van der Waals surface area contributed by atoms with Crippen LogP contribution in [0.15, 0.2) is 53.4 Å².